The molecule has 0 aliphatic heterocycles. The van der Waals surface area contributed by atoms with Crippen molar-refractivity contribution in [2.45, 2.75) is 6.92 Å². The lowest BCUT2D eigenvalue weighted by Crippen LogP contribution is -2.31. The molecule has 0 aliphatic carbocycles. The van der Waals surface area contributed by atoms with Crippen molar-refractivity contribution in [3.05, 3.63) is 29.3 Å². The number of hydrazine groups is 1. The van der Waals surface area contributed by atoms with Crippen LogP contribution in [0.15, 0.2) is 18.2 Å². The Labute approximate surface area is 113 Å². The van der Waals surface area contributed by atoms with E-state index in [4.69, 9.17) is 5.84 Å². The maximum Gasteiger partial charge on any atom is 0.253 e. The van der Waals surface area contributed by atoms with Crippen LogP contribution in [0.3, 0.4) is 0 Å². The highest BCUT2D eigenvalue weighted by Gasteiger charge is 2.14. The summed E-state index contributed by atoms with van der Waals surface area (Å²) in [5, 5.41) is 0. The first kappa shape index (κ1) is 15.5. The molecule has 0 aromatic heterocycles. The number of amides is 1. The Morgan fingerprint density at radius 3 is 2.53 bits per heavy atom. The average molecular weight is 285 g/mol. The molecular formula is C12H19N3O3S. The second-order valence-corrected chi connectivity index (χ2v) is 6.79. The van der Waals surface area contributed by atoms with E-state index in [9.17, 15) is 13.2 Å². The van der Waals surface area contributed by atoms with Gasteiger partial charge >= 0.3 is 0 Å². The third-order valence-electron chi connectivity index (χ3n) is 2.77. The average Bonchev–Trinajstić information content (AvgIpc) is 2.34. The Morgan fingerprint density at radius 1 is 1.42 bits per heavy atom. The topological polar surface area (TPSA) is 92.5 Å². The number of carbonyl (C=O) groups is 1. The van der Waals surface area contributed by atoms with E-state index in [1.165, 1.54) is 4.90 Å². The van der Waals surface area contributed by atoms with Gasteiger partial charge in [-0.05, 0) is 30.7 Å². The van der Waals surface area contributed by atoms with Gasteiger partial charge in [0.1, 0.15) is 9.84 Å². The predicted molar refractivity (Wildman–Crippen MR) is 75.7 cm³/mol. The quantitative estimate of drug-likeness (QED) is 0.603. The molecule has 3 N–H and O–H groups in total. The van der Waals surface area contributed by atoms with E-state index < -0.39 is 9.84 Å². The minimum absolute atomic E-state index is 0.0450. The number of nitrogens with zero attached hydrogens (tertiary/aromatic N) is 1. The van der Waals surface area contributed by atoms with Crippen molar-refractivity contribution in [3.63, 3.8) is 0 Å². The second-order valence-electron chi connectivity index (χ2n) is 4.53. The molecule has 0 atom stereocenters. The van der Waals surface area contributed by atoms with E-state index in [0.29, 0.717) is 5.56 Å². The summed E-state index contributed by atoms with van der Waals surface area (Å²) >= 11 is 0. The molecule has 0 saturated carbocycles. The molecule has 1 amide bonds. The van der Waals surface area contributed by atoms with Crippen LogP contribution in [0.25, 0.3) is 0 Å². The molecule has 0 unspecified atom stereocenters. The summed E-state index contributed by atoms with van der Waals surface area (Å²) in [6.45, 7) is 2.01. The van der Waals surface area contributed by atoms with Gasteiger partial charge in [0.05, 0.1) is 11.4 Å². The van der Waals surface area contributed by atoms with Gasteiger partial charge in [-0.2, -0.15) is 0 Å². The molecule has 0 aliphatic rings. The number of rotatable bonds is 5. The fraction of sp³-hybridized carbons (Fsp3) is 0.417. The number of carbonyl (C=O) groups excluding carboxylic acids is 1. The molecule has 6 nitrogen and oxygen atoms in total. The Hall–Kier alpha value is -1.60. The van der Waals surface area contributed by atoms with Crippen molar-refractivity contribution >= 4 is 21.4 Å². The molecule has 1 rings (SSSR count). The molecule has 1 aromatic carbocycles. The monoisotopic (exact) mass is 285 g/mol. The summed E-state index contributed by atoms with van der Waals surface area (Å²) in [7, 11) is -1.49. The molecule has 19 heavy (non-hydrogen) atoms. The highest BCUT2D eigenvalue weighted by atomic mass is 32.2. The maximum absolute atomic E-state index is 12.1. The molecule has 0 bridgehead atoms. The zero-order valence-corrected chi connectivity index (χ0v) is 12.1. The fourth-order valence-corrected chi connectivity index (χ4v) is 2.19. The standard InChI is InChI=1S/C12H19N3O3S/c1-9-8-10(4-5-11(9)14-13)12(16)15(2)6-7-19(3,17)18/h4-5,8,14H,6-7,13H2,1-3H3. The Bertz CT molecular complexity index is 570. The number of hydrogen-bond acceptors (Lipinski definition) is 5. The van der Waals surface area contributed by atoms with Gasteiger partial charge in [0, 0.05) is 25.4 Å². The Kier molecular flexibility index (Phi) is 4.90. The van der Waals surface area contributed by atoms with Crippen LogP contribution in [-0.4, -0.2) is 44.8 Å². The van der Waals surface area contributed by atoms with E-state index in [0.717, 1.165) is 17.5 Å². The molecule has 0 fully saturated rings. The smallest absolute Gasteiger partial charge is 0.253 e. The van der Waals surface area contributed by atoms with Crippen LogP contribution in [0.1, 0.15) is 15.9 Å². The number of aryl methyl sites for hydroxylation is 1. The van der Waals surface area contributed by atoms with Crippen molar-refractivity contribution in [2.75, 3.05) is 31.0 Å². The number of hydrogen-bond donors (Lipinski definition) is 2. The van der Waals surface area contributed by atoms with Gasteiger partial charge in [-0.3, -0.25) is 10.6 Å². The van der Waals surface area contributed by atoms with Gasteiger partial charge in [0.25, 0.3) is 5.91 Å². The molecule has 0 heterocycles. The summed E-state index contributed by atoms with van der Waals surface area (Å²) in [5.41, 5.74) is 4.64. The zero-order valence-electron chi connectivity index (χ0n) is 11.3. The lowest BCUT2D eigenvalue weighted by Gasteiger charge is -2.17. The molecule has 0 saturated heterocycles. The number of nitrogen functional groups attached to an aromatic ring is 1. The highest BCUT2D eigenvalue weighted by molar-refractivity contribution is 7.90. The van der Waals surface area contributed by atoms with E-state index in [2.05, 4.69) is 5.43 Å². The number of anilines is 1. The Balaban J connectivity index is 2.80. The third kappa shape index (κ3) is 4.53. The summed E-state index contributed by atoms with van der Waals surface area (Å²) in [4.78, 5) is 13.5. The van der Waals surface area contributed by atoms with Gasteiger partial charge in [-0.15, -0.1) is 0 Å². The summed E-state index contributed by atoms with van der Waals surface area (Å²) in [6.07, 6.45) is 1.15. The maximum atomic E-state index is 12.1. The van der Waals surface area contributed by atoms with E-state index in [1.54, 1.807) is 25.2 Å². The van der Waals surface area contributed by atoms with Crippen molar-refractivity contribution in [2.24, 2.45) is 5.84 Å². The molecule has 106 valence electrons. The molecular weight excluding hydrogens is 266 g/mol. The molecule has 0 spiro atoms. The first-order chi connectivity index (χ1) is 8.74. The highest BCUT2D eigenvalue weighted by Crippen LogP contribution is 2.16. The largest absolute Gasteiger partial charge is 0.341 e. The van der Waals surface area contributed by atoms with Crippen LogP contribution >= 0.6 is 0 Å². The zero-order chi connectivity index (χ0) is 14.6. The van der Waals surface area contributed by atoms with Gasteiger partial charge in [-0.1, -0.05) is 0 Å². The predicted octanol–water partition coefficient (Wildman–Crippen LogP) is 0.397. The number of benzene rings is 1. The summed E-state index contributed by atoms with van der Waals surface area (Å²) in [5.74, 6) is 5.06. The van der Waals surface area contributed by atoms with E-state index in [-0.39, 0.29) is 18.2 Å². The fourth-order valence-electron chi connectivity index (χ4n) is 1.58. The van der Waals surface area contributed by atoms with Crippen molar-refractivity contribution < 1.29 is 13.2 Å². The van der Waals surface area contributed by atoms with Crippen LogP contribution in [0, 0.1) is 6.92 Å². The SMILES string of the molecule is Cc1cc(C(=O)N(C)CCS(C)(=O)=O)ccc1NN. The minimum Gasteiger partial charge on any atom is -0.341 e. The first-order valence-electron chi connectivity index (χ1n) is 5.75. The molecule has 1 aromatic rings. The van der Waals surface area contributed by atoms with Crippen molar-refractivity contribution in [3.8, 4) is 0 Å². The van der Waals surface area contributed by atoms with E-state index in [1.807, 2.05) is 6.92 Å². The lowest BCUT2D eigenvalue weighted by atomic mass is 10.1. The van der Waals surface area contributed by atoms with Crippen molar-refractivity contribution in [1.82, 2.24) is 4.90 Å². The Morgan fingerprint density at radius 2 is 2.05 bits per heavy atom. The second kappa shape index (κ2) is 6.03. The number of nitrogens with one attached hydrogen (secondary N) is 1. The first-order valence-corrected chi connectivity index (χ1v) is 7.81. The lowest BCUT2D eigenvalue weighted by molar-refractivity contribution is 0.0803. The van der Waals surface area contributed by atoms with Crippen LogP contribution in [0.2, 0.25) is 0 Å². The normalized spacial score (nSPS) is 11.2. The summed E-state index contributed by atoms with van der Waals surface area (Å²) in [6, 6.07) is 5.09. The van der Waals surface area contributed by atoms with Crippen molar-refractivity contribution in [1.29, 1.82) is 0 Å². The van der Waals surface area contributed by atoms with Crippen LogP contribution < -0.4 is 11.3 Å². The van der Waals surface area contributed by atoms with Crippen LogP contribution in [-0.2, 0) is 9.84 Å². The van der Waals surface area contributed by atoms with Gasteiger partial charge in [-0.25, -0.2) is 8.42 Å². The molecule has 7 heteroatoms. The van der Waals surface area contributed by atoms with Crippen LogP contribution in [0.5, 0.6) is 0 Å². The van der Waals surface area contributed by atoms with Gasteiger partial charge in [0.2, 0.25) is 0 Å². The number of sulfone groups is 1. The molecule has 0 radical (unpaired) electrons. The van der Waals surface area contributed by atoms with E-state index >= 15 is 0 Å². The third-order valence-corrected chi connectivity index (χ3v) is 3.70. The minimum atomic E-state index is -3.07. The number of nitrogens with two attached hydrogens (primary N) is 1. The van der Waals surface area contributed by atoms with Gasteiger partial charge in [0.15, 0.2) is 0 Å². The van der Waals surface area contributed by atoms with Gasteiger partial charge < -0.3 is 10.3 Å². The van der Waals surface area contributed by atoms with Crippen LogP contribution in [0.4, 0.5) is 5.69 Å². The summed E-state index contributed by atoms with van der Waals surface area (Å²) < 4.78 is 22.1.